The molecule has 1 aromatic heterocycles. The number of amidine groups is 1. The van der Waals surface area contributed by atoms with Crippen LogP contribution in [0.25, 0.3) is 0 Å². The molecule has 0 bridgehead atoms. The van der Waals surface area contributed by atoms with E-state index in [-0.39, 0.29) is 5.56 Å². The molecule has 1 unspecified atom stereocenters. The van der Waals surface area contributed by atoms with Gasteiger partial charge in [0, 0.05) is 38.5 Å². The lowest BCUT2D eigenvalue weighted by atomic mass is 9.74. The van der Waals surface area contributed by atoms with Gasteiger partial charge in [-0.3, -0.25) is 9.98 Å². The number of aromatic nitrogens is 1. The fraction of sp³-hybridized carbons (Fsp3) is 0.350. The average Bonchev–Trinajstić information content (AvgIpc) is 3.02. The number of rotatable bonds is 4. The van der Waals surface area contributed by atoms with E-state index in [0.29, 0.717) is 36.7 Å². The third-order valence-electron chi connectivity index (χ3n) is 5.10. The molecule has 27 heavy (non-hydrogen) atoms. The van der Waals surface area contributed by atoms with Gasteiger partial charge in [0.1, 0.15) is 17.9 Å². The maximum absolute atomic E-state index is 14.5. The van der Waals surface area contributed by atoms with E-state index in [1.165, 1.54) is 7.05 Å². The number of nitrogens with one attached hydrogen (secondary N) is 1. The number of benzene rings is 1. The lowest BCUT2D eigenvalue weighted by Crippen LogP contribution is -2.33. The van der Waals surface area contributed by atoms with Crippen LogP contribution in [-0.4, -0.2) is 31.2 Å². The summed E-state index contributed by atoms with van der Waals surface area (Å²) < 4.78 is 42.5. The number of fused-ring (bicyclic) bond motifs is 1. The quantitative estimate of drug-likeness (QED) is 0.507. The Morgan fingerprint density at radius 2 is 2.11 bits per heavy atom. The number of halogens is 3. The molecule has 142 valence electrons. The van der Waals surface area contributed by atoms with E-state index in [4.69, 9.17) is 0 Å². The van der Waals surface area contributed by atoms with Crippen LogP contribution < -0.4 is 5.32 Å². The molecule has 1 atom stereocenters. The molecule has 3 rings (SSSR count). The van der Waals surface area contributed by atoms with E-state index in [9.17, 15) is 18.0 Å². The first-order valence-electron chi connectivity index (χ1n) is 8.56. The van der Waals surface area contributed by atoms with Crippen LogP contribution in [-0.2, 0) is 22.6 Å². The third-order valence-corrected chi connectivity index (χ3v) is 5.10. The molecule has 1 aliphatic carbocycles. The van der Waals surface area contributed by atoms with Crippen LogP contribution >= 0.6 is 0 Å². The van der Waals surface area contributed by atoms with Gasteiger partial charge in [0.25, 0.3) is 5.92 Å². The molecule has 0 spiro atoms. The van der Waals surface area contributed by atoms with Crippen LogP contribution in [0.15, 0.2) is 35.5 Å². The Hall–Kier alpha value is -2.70. The number of nitrogens with zero attached hydrogens (tertiary/aromatic N) is 2. The zero-order valence-electron chi connectivity index (χ0n) is 15.3. The van der Waals surface area contributed by atoms with Crippen LogP contribution in [0.2, 0.25) is 0 Å². The Kier molecular flexibility index (Phi) is 4.80. The van der Waals surface area contributed by atoms with Crippen molar-refractivity contribution in [1.29, 1.82) is 0 Å². The highest BCUT2D eigenvalue weighted by Gasteiger charge is 2.44. The molecule has 1 aromatic carbocycles. The summed E-state index contributed by atoms with van der Waals surface area (Å²) in [5.74, 6) is -4.11. The summed E-state index contributed by atoms with van der Waals surface area (Å²) in [6.07, 6.45) is 3.28. The van der Waals surface area contributed by atoms with Gasteiger partial charge in [-0.2, -0.15) is 0 Å². The largest absolute Gasteiger partial charge is 0.373 e. The van der Waals surface area contributed by atoms with Gasteiger partial charge in [-0.1, -0.05) is 6.07 Å². The van der Waals surface area contributed by atoms with Gasteiger partial charge in [-0.25, -0.2) is 13.2 Å². The minimum Gasteiger partial charge on any atom is -0.373 e. The first kappa shape index (κ1) is 19.1. The standard InChI is InChI=1S/C20H20F3N3O/c1-19(22,23)15-10-14(12(9-16(15)21)18(24-2)25-3)20(11-27)7-6-17-13(20)5-4-8-26-17/h4-5,8-11H,6-7H2,1-3H3,(H,24,25). The number of alkyl halides is 2. The smallest absolute Gasteiger partial charge is 0.273 e. The maximum Gasteiger partial charge on any atom is 0.273 e. The van der Waals surface area contributed by atoms with E-state index in [1.807, 2.05) is 0 Å². The summed E-state index contributed by atoms with van der Waals surface area (Å²) in [7, 11) is 3.11. The van der Waals surface area contributed by atoms with Gasteiger partial charge in [-0.15, -0.1) is 0 Å². The van der Waals surface area contributed by atoms with Crippen molar-refractivity contribution in [1.82, 2.24) is 10.3 Å². The van der Waals surface area contributed by atoms with E-state index < -0.39 is 22.7 Å². The van der Waals surface area contributed by atoms with Crippen LogP contribution in [0.1, 0.15) is 41.3 Å². The van der Waals surface area contributed by atoms with E-state index in [0.717, 1.165) is 24.1 Å². The Balaban J connectivity index is 2.38. The van der Waals surface area contributed by atoms with Crippen molar-refractivity contribution in [3.63, 3.8) is 0 Å². The number of pyridine rings is 1. The first-order chi connectivity index (χ1) is 12.8. The second-order valence-electron chi connectivity index (χ2n) is 6.68. The Morgan fingerprint density at radius 3 is 2.70 bits per heavy atom. The monoisotopic (exact) mass is 375 g/mol. The van der Waals surface area contributed by atoms with Gasteiger partial charge < -0.3 is 10.1 Å². The molecule has 0 aliphatic heterocycles. The Morgan fingerprint density at radius 1 is 1.37 bits per heavy atom. The molecule has 1 aliphatic rings. The van der Waals surface area contributed by atoms with Crippen molar-refractivity contribution in [2.45, 2.75) is 31.1 Å². The number of hydrogen-bond acceptors (Lipinski definition) is 3. The highest BCUT2D eigenvalue weighted by atomic mass is 19.3. The van der Waals surface area contributed by atoms with Gasteiger partial charge >= 0.3 is 0 Å². The van der Waals surface area contributed by atoms with E-state index in [1.54, 1.807) is 25.4 Å². The molecule has 0 saturated carbocycles. The zero-order valence-corrected chi connectivity index (χ0v) is 15.3. The molecular weight excluding hydrogens is 355 g/mol. The summed E-state index contributed by atoms with van der Waals surface area (Å²) in [4.78, 5) is 20.7. The van der Waals surface area contributed by atoms with Crippen LogP contribution in [0.5, 0.6) is 0 Å². The number of aliphatic imine (C=N–C) groups is 1. The Labute approximate surface area is 155 Å². The van der Waals surface area contributed by atoms with Gasteiger partial charge in [-0.05, 0) is 42.2 Å². The molecule has 1 heterocycles. The fourth-order valence-electron chi connectivity index (χ4n) is 3.80. The molecule has 0 saturated heterocycles. The van der Waals surface area contributed by atoms with Crippen LogP contribution in [0, 0.1) is 5.82 Å². The predicted octanol–water partition coefficient (Wildman–Crippen LogP) is 3.36. The summed E-state index contributed by atoms with van der Waals surface area (Å²) in [6.45, 7) is 0.638. The minimum atomic E-state index is -3.39. The second-order valence-corrected chi connectivity index (χ2v) is 6.68. The van der Waals surface area contributed by atoms with Crippen molar-refractivity contribution in [3.8, 4) is 0 Å². The average molecular weight is 375 g/mol. The summed E-state index contributed by atoms with van der Waals surface area (Å²) in [5.41, 5.74) is 0.0612. The number of aldehydes is 1. The first-order valence-corrected chi connectivity index (χ1v) is 8.56. The molecule has 4 nitrogen and oxygen atoms in total. The molecule has 1 N–H and O–H groups in total. The highest BCUT2D eigenvalue weighted by molar-refractivity contribution is 6.02. The Bertz CT molecular complexity index is 921. The summed E-state index contributed by atoms with van der Waals surface area (Å²) in [5, 5.41) is 2.85. The fourth-order valence-corrected chi connectivity index (χ4v) is 3.80. The molecule has 0 amide bonds. The predicted molar refractivity (Wildman–Crippen MR) is 96.9 cm³/mol. The third kappa shape index (κ3) is 3.01. The van der Waals surface area contributed by atoms with Gasteiger partial charge in [0.2, 0.25) is 0 Å². The van der Waals surface area contributed by atoms with E-state index in [2.05, 4.69) is 15.3 Å². The summed E-state index contributed by atoms with van der Waals surface area (Å²) in [6, 6.07) is 5.60. The highest BCUT2D eigenvalue weighted by Crippen LogP contribution is 2.45. The number of aryl methyl sites for hydroxylation is 1. The topological polar surface area (TPSA) is 54.4 Å². The van der Waals surface area contributed by atoms with Gasteiger partial charge in [0.05, 0.1) is 11.0 Å². The van der Waals surface area contributed by atoms with Crippen molar-refractivity contribution < 1.29 is 18.0 Å². The zero-order chi connectivity index (χ0) is 19.8. The molecule has 2 aromatic rings. The van der Waals surface area contributed by atoms with Crippen molar-refractivity contribution in [2.75, 3.05) is 14.1 Å². The molecule has 7 heteroatoms. The number of carbonyl (C=O) groups excluding carboxylic acids is 1. The molecular formula is C20H20F3N3O. The molecule has 0 fully saturated rings. The van der Waals surface area contributed by atoms with Crippen molar-refractivity contribution >= 4 is 12.1 Å². The van der Waals surface area contributed by atoms with Crippen molar-refractivity contribution in [3.05, 3.63) is 64.2 Å². The minimum absolute atomic E-state index is 0.286. The SMILES string of the molecule is C/N=C(/NC)c1cc(F)c(C(C)(F)F)cc1C1(C=O)CCc2ncccc21. The summed E-state index contributed by atoms with van der Waals surface area (Å²) >= 11 is 0. The van der Waals surface area contributed by atoms with Crippen LogP contribution in [0.3, 0.4) is 0 Å². The number of hydrogen-bond donors (Lipinski definition) is 1. The van der Waals surface area contributed by atoms with Crippen molar-refractivity contribution in [2.24, 2.45) is 4.99 Å². The maximum atomic E-state index is 14.5. The van der Waals surface area contributed by atoms with Crippen LogP contribution in [0.4, 0.5) is 13.2 Å². The second kappa shape index (κ2) is 6.79. The van der Waals surface area contributed by atoms with Gasteiger partial charge in [0.15, 0.2) is 0 Å². The number of carbonyl (C=O) groups is 1. The normalized spacial score (nSPS) is 19.7. The van der Waals surface area contributed by atoms with E-state index >= 15 is 0 Å². The molecule has 0 radical (unpaired) electrons. The lowest BCUT2D eigenvalue weighted by molar-refractivity contribution is -0.111. The lowest BCUT2D eigenvalue weighted by Gasteiger charge is -2.29.